The molecule has 0 bridgehead atoms. The van der Waals surface area contributed by atoms with Gasteiger partial charge in [-0.2, -0.15) is 0 Å². The lowest BCUT2D eigenvalue weighted by Crippen LogP contribution is -2.40. The number of benzene rings is 1. The zero-order valence-corrected chi connectivity index (χ0v) is 12.9. The van der Waals surface area contributed by atoms with Crippen LogP contribution in [0.15, 0.2) is 30.3 Å². The molecular formula is C19H29N. The molecule has 0 heterocycles. The molecule has 0 amide bonds. The fourth-order valence-corrected chi connectivity index (χ4v) is 4.30. The van der Waals surface area contributed by atoms with E-state index < -0.39 is 0 Å². The summed E-state index contributed by atoms with van der Waals surface area (Å²) in [6.45, 7) is 3.68. The van der Waals surface area contributed by atoms with Gasteiger partial charge in [0.2, 0.25) is 0 Å². The van der Waals surface area contributed by atoms with Crippen LogP contribution in [-0.4, -0.2) is 12.6 Å². The van der Waals surface area contributed by atoms with Crippen LogP contribution in [0, 0.1) is 11.8 Å². The summed E-state index contributed by atoms with van der Waals surface area (Å²) in [5.74, 6) is 2.59. The van der Waals surface area contributed by atoms with E-state index in [1.807, 2.05) is 0 Å². The molecule has 1 N–H and O–H groups in total. The highest BCUT2D eigenvalue weighted by Gasteiger charge is 2.28. The quantitative estimate of drug-likeness (QED) is 0.834. The summed E-state index contributed by atoms with van der Waals surface area (Å²) in [4.78, 5) is 0. The van der Waals surface area contributed by atoms with Crippen molar-refractivity contribution in [1.82, 2.24) is 5.32 Å². The molecule has 1 heteroatoms. The molecule has 20 heavy (non-hydrogen) atoms. The molecule has 3 rings (SSSR count). The van der Waals surface area contributed by atoms with Gasteiger partial charge < -0.3 is 5.32 Å². The van der Waals surface area contributed by atoms with Gasteiger partial charge in [-0.3, -0.25) is 0 Å². The Bertz CT molecular complexity index is 399. The van der Waals surface area contributed by atoms with Crippen LogP contribution in [-0.2, 0) is 0 Å². The van der Waals surface area contributed by atoms with Gasteiger partial charge in [0.15, 0.2) is 0 Å². The minimum Gasteiger partial charge on any atom is -0.313 e. The van der Waals surface area contributed by atoms with Crippen LogP contribution in [0.3, 0.4) is 0 Å². The molecule has 4 atom stereocenters. The Morgan fingerprint density at radius 3 is 2.50 bits per heavy atom. The predicted molar refractivity (Wildman–Crippen MR) is 85.9 cm³/mol. The molecule has 4 unspecified atom stereocenters. The largest absolute Gasteiger partial charge is 0.313 e. The van der Waals surface area contributed by atoms with Crippen LogP contribution in [0.25, 0.3) is 0 Å². The molecule has 1 aromatic rings. The minimum atomic E-state index is 0.707. The highest BCUT2D eigenvalue weighted by Crippen LogP contribution is 2.35. The van der Waals surface area contributed by atoms with Crippen molar-refractivity contribution in [3.05, 3.63) is 35.9 Å². The Morgan fingerprint density at radius 1 is 0.950 bits per heavy atom. The second kappa shape index (κ2) is 6.76. The molecule has 0 spiro atoms. The van der Waals surface area contributed by atoms with Crippen molar-refractivity contribution in [3.63, 3.8) is 0 Å². The summed E-state index contributed by atoms with van der Waals surface area (Å²) in [7, 11) is 0. The molecule has 0 aliphatic heterocycles. The van der Waals surface area contributed by atoms with E-state index in [9.17, 15) is 0 Å². The predicted octanol–water partition coefficient (Wildman–Crippen LogP) is 4.74. The van der Waals surface area contributed by atoms with E-state index >= 15 is 0 Å². The lowest BCUT2D eigenvalue weighted by Gasteiger charge is -2.34. The van der Waals surface area contributed by atoms with Crippen LogP contribution >= 0.6 is 0 Å². The fraction of sp³-hybridized carbons (Fsp3) is 0.684. The van der Waals surface area contributed by atoms with E-state index in [1.54, 1.807) is 5.56 Å². The summed E-state index contributed by atoms with van der Waals surface area (Å²) >= 11 is 0. The van der Waals surface area contributed by atoms with E-state index in [0.29, 0.717) is 6.04 Å². The third-order valence-electron chi connectivity index (χ3n) is 5.68. The molecule has 0 saturated heterocycles. The maximum absolute atomic E-state index is 3.94. The van der Waals surface area contributed by atoms with Crippen LogP contribution in [0.5, 0.6) is 0 Å². The zero-order valence-electron chi connectivity index (χ0n) is 12.9. The summed E-state index contributed by atoms with van der Waals surface area (Å²) in [6, 6.07) is 11.9. The molecule has 2 saturated carbocycles. The van der Waals surface area contributed by atoms with Gasteiger partial charge in [0.05, 0.1) is 0 Å². The topological polar surface area (TPSA) is 12.0 Å². The number of hydrogen-bond donors (Lipinski definition) is 1. The minimum absolute atomic E-state index is 0.707. The monoisotopic (exact) mass is 271 g/mol. The van der Waals surface area contributed by atoms with Gasteiger partial charge in [-0.15, -0.1) is 0 Å². The van der Waals surface area contributed by atoms with Crippen molar-refractivity contribution in [3.8, 4) is 0 Å². The van der Waals surface area contributed by atoms with E-state index in [1.165, 1.54) is 51.5 Å². The van der Waals surface area contributed by atoms with Gasteiger partial charge in [-0.1, -0.05) is 62.9 Å². The van der Waals surface area contributed by atoms with Crippen LogP contribution in [0.4, 0.5) is 0 Å². The van der Waals surface area contributed by atoms with Crippen molar-refractivity contribution < 1.29 is 0 Å². The van der Waals surface area contributed by atoms with E-state index in [-0.39, 0.29) is 0 Å². The van der Waals surface area contributed by atoms with Gasteiger partial charge in [-0.25, -0.2) is 0 Å². The van der Waals surface area contributed by atoms with Crippen molar-refractivity contribution in [1.29, 1.82) is 0 Å². The molecular weight excluding hydrogens is 242 g/mol. The number of nitrogens with one attached hydrogen (secondary N) is 1. The zero-order chi connectivity index (χ0) is 13.8. The first-order valence-electron chi connectivity index (χ1n) is 8.63. The van der Waals surface area contributed by atoms with Gasteiger partial charge in [0, 0.05) is 6.04 Å². The maximum atomic E-state index is 3.94. The highest BCUT2D eigenvalue weighted by atomic mass is 14.9. The van der Waals surface area contributed by atoms with Gasteiger partial charge in [0.25, 0.3) is 0 Å². The molecule has 2 fully saturated rings. The second-order valence-corrected chi connectivity index (χ2v) is 6.98. The third-order valence-corrected chi connectivity index (χ3v) is 5.68. The van der Waals surface area contributed by atoms with Gasteiger partial charge >= 0.3 is 0 Å². The summed E-state index contributed by atoms with van der Waals surface area (Å²) in [5, 5.41) is 3.94. The summed E-state index contributed by atoms with van der Waals surface area (Å²) in [6.07, 6.45) is 9.86. The molecule has 110 valence electrons. The fourth-order valence-electron chi connectivity index (χ4n) is 4.30. The van der Waals surface area contributed by atoms with Gasteiger partial charge in [0.1, 0.15) is 0 Å². The van der Waals surface area contributed by atoms with Gasteiger partial charge in [-0.05, 0) is 49.1 Å². The lowest BCUT2D eigenvalue weighted by atomic mass is 9.79. The summed E-state index contributed by atoms with van der Waals surface area (Å²) < 4.78 is 0. The Kier molecular flexibility index (Phi) is 4.77. The first-order valence-corrected chi connectivity index (χ1v) is 8.63. The van der Waals surface area contributed by atoms with Crippen molar-refractivity contribution in [2.75, 3.05) is 6.54 Å². The van der Waals surface area contributed by atoms with Crippen LogP contribution < -0.4 is 5.32 Å². The van der Waals surface area contributed by atoms with Crippen molar-refractivity contribution in [2.24, 2.45) is 11.8 Å². The van der Waals surface area contributed by atoms with E-state index in [2.05, 4.69) is 42.6 Å². The first kappa shape index (κ1) is 14.1. The Labute approximate surface area is 124 Å². The van der Waals surface area contributed by atoms with E-state index in [4.69, 9.17) is 0 Å². The lowest BCUT2D eigenvalue weighted by molar-refractivity contribution is 0.293. The van der Waals surface area contributed by atoms with Crippen molar-refractivity contribution in [2.45, 2.75) is 63.8 Å². The van der Waals surface area contributed by atoms with E-state index in [0.717, 1.165) is 17.8 Å². The standard InChI is InChI=1S/C19H29N/c1-15-8-7-11-17(15)14-20-19-13-6-5-12-18(19)16-9-3-2-4-10-16/h2-4,9-10,15,17-20H,5-8,11-14H2,1H3. The first-order chi connectivity index (χ1) is 9.84. The van der Waals surface area contributed by atoms with Crippen molar-refractivity contribution >= 4 is 0 Å². The Balaban J connectivity index is 1.61. The van der Waals surface area contributed by atoms with Crippen LogP contribution in [0.2, 0.25) is 0 Å². The second-order valence-electron chi connectivity index (χ2n) is 6.98. The maximum Gasteiger partial charge on any atom is 0.0136 e. The summed E-state index contributed by atoms with van der Waals surface area (Å²) in [5.41, 5.74) is 1.55. The average molecular weight is 271 g/mol. The smallest absolute Gasteiger partial charge is 0.0136 e. The number of rotatable bonds is 4. The highest BCUT2D eigenvalue weighted by molar-refractivity contribution is 5.22. The SMILES string of the molecule is CC1CCCC1CNC1CCCCC1c1ccccc1. The molecule has 0 radical (unpaired) electrons. The molecule has 0 aromatic heterocycles. The molecule has 2 aliphatic rings. The Hall–Kier alpha value is -0.820. The molecule has 1 nitrogen and oxygen atoms in total. The molecule has 1 aromatic carbocycles. The van der Waals surface area contributed by atoms with Crippen LogP contribution in [0.1, 0.15) is 63.4 Å². The molecule has 2 aliphatic carbocycles. The Morgan fingerprint density at radius 2 is 1.75 bits per heavy atom. The number of hydrogen-bond acceptors (Lipinski definition) is 1. The average Bonchev–Trinajstić information content (AvgIpc) is 2.92. The third kappa shape index (κ3) is 3.25. The normalized spacial score (nSPS) is 34.2.